The van der Waals surface area contributed by atoms with E-state index >= 15 is 0 Å². The van der Waals surface area contributed by atoms with Crippen molar-refractivity contribution >= 4 is 17.1 Å². The molecule has 3 aromatic rings. The van der Waals surface area contributed by atoms with Crippen molar-refractivity contribution < 1.29 is 9.15 Å². The zero-order chi connectivity index (χ0) is 12.5. The van der Waals surface area contributed by atoms with Gasteiger partial charge in [0.05, 0.1) is 26.2 Å². The number of nitrogens with two attached hydrogens (primary N) is 1. The molecule has 0 fully saturated rings. The first-order valence-electron chi connectivity index (χ1n) is 5.46. The van der Waals surface area contributed by atoms with E-state index in [2.05, 4.69) is 9.97 Å². The normalized spacial score (nSPS) is 10.9. The van der Waals surface area contributed by atoms with Crippen molar-refractivity contribution in [1.82, 2.24) is 14.5 Å². The third kappa shape index (κ3) is 1.67. The molecule has 3 heterocycles. The highest BCUT2D eigenvalue weighted by molar-refractivity contribution is 5.74. The lowest BCUT2D eigenvalue weighted by molar-refractivity contribution is 0.399. The Morgan fingerprint density at radius 1 is 1.33 bits per heavy atom. The summed E-state index contributed by atoms with van der Waals surface area (Å²) in [5, 5.41) is 0. The first kappa shape index (κ1) is 10.6. The zero-order valence-electron chi connectivity index (χ0n) is 9.83. The Labute approximate surface area is 103 Å². The van der Waals surface area contributed by atoms with E-state index < -0.39 is 0 Å². The summed E-state index contributed by atoms with van der Waals surface area (Å²) in [6.07, 6.45) is 3.30. The summed E-state index contributed by atoms with van der Waals surface area (Å²) in [6, 6.07) is 5.48. The van der Waals surface area contributed by atoms with Gasteiger partial charge in [-0.3, -0.25) is 4.57 Å². The molecule has 6 heteroatoms. The van der Waals surface area contributed by atoms with Crippen LogP contribution in [-0.2, 0) is 6.54 Å². The van der Waals surface area contributed by atoms with Gasteiger partial charge in [-0.05, 0) is 12.1 Å². The number of rotatable bonds is 3. The standard InChI is InChI=1S/C12H12N4O2/c1-17-10-3-2-9-11(15-10)16(12(13)14-9)6-8-4-5-18-7-8/h2-5,7H,6H2,1H3,(H2,13,14). The number of imidazole rings is 1. The summed E-state index contributed by atoms with van der Waals surface area (Å²) >= 11 is 0. The summed E-state index contributed by atoms with van der Waals surface area (Å²) < 4.78 is 12.0. The minimum Gasteiger partial charge on any atom is -0.481 e. The second kappa shape index (κ2) is 4.06. The number of methoxy groups -OCH3 is 1. The van der Waals surface area contributed by atoms with E-state index in [9.17, 15) is 0 Å². The number of furan rings is 1. The monoisotopic (exact) mass is 244 g/mol. The lowest BCUT2D eigenvalue weighted by Crippen LogP contribution is -2.04. The van der Waals surface area contributed by atoms with Crippen LogP contribution in [0.5, 0.6) is 5.88 Å². The Balaban J connectivity index is 2.11. The van der Waals surface area contributed by atoms with E-state index in [1.165, 1.54) is 0 Å². The summed E-state index contributed by atoms with van der Waals surface area (Å²) in [7, 11) is 1.58. The van der Waals surface area contributed by atoms with E-state index in [-0.39, 0.29) is 0 Å². The van der Waals surface area contributed by atoms with Crippen LogP contribution in [0.4, 0.5) is 5.95 Å². The molecule has 3 aromatic heterocycles. The van der Waals surface area contributed by atoms with Crippen molar-refractivity contribution in [3.8, 4) is 5.88 Å². The SMILES string of the molecule is COc1ccc2nc(N)n(Cc3ccoc3)c2n1. The molecule has 0 radical (unpaired) electrons. The molecular formula is C12H12N4O2. The summed E-state index contributed by atoms with van der Waals surface area (Å²) in [6.45, 7) is 0.568. The highest BCUT2D eigenvalue weighted by Crippen LogP contribution is 2.20. The number of hydrogen-bond donors (Lipinski definition) is 1. The summed E-state index contributed by atoms with van der Waals surface area (Å²) in [4.78, 5) is 8.62. The average Bonchev–Trinajstić information content (AvgIpc) is 2.99. The fourth-order valence-corrected chi connectivity index (χ4v) is 1.84. The van der Waals surface area contributed by atoms with Gasteiger partial charge in [0.25, 0.3) is 0 Å². The van der Waals surface area contributed by atoms with E-state index in [1.807, 2.05) is 16.7 Å². The molecule has 0 saturated heterocycles. The van der Waals surface area contributed by atoms with Crippen LogP contribution in [0.15, 0.2) is 35.1 Å². The molecule has 3 rings (SSSR count). The predicted molar refractivity (Wildman–Crippen MR) is 66.3 cm³/mol. The highest BCUT2D eigenvalue weighted by Gasteiger charge is 2.11. The van der Waals surface area contributed by atoms with Gasteiger partial charge in [-0.15, -0.1) is 0 Å². The molecule has 0 aliphatic heterocycles. The Kier molecular flexibility index (Phi) is 2.40. The van der Waals surface area contributed by atoms with Crippen LogP contribution in [0.1, 0.15) is 5.56 Å². The maximum atomic E-state index is 5.90. The van der Waals surface area contributed by atoms with Gasteiger partial charge in [-0.2, -0.15) is 4.98 Å². The summed E-state index contributed by atoms with van der Waals surface area (Å²) in [5.74, 6) is 0.961. The molecule has 0 unspecified atom stereocenters. The van der Waals surface area contributed by atoms with Crippen LogP contribution in [0.3, 0.4) is 0 Å². The number of fused-ring (bicyclic) bond motifs is 1. The molecule has 0 amide bonds. The van der Waals surface area contributed by atoms with E-state index in [0.29, 0.717) is 24.0 Å². The second-order valence-electron chi connectivity index (χ2n) is 3.88. The van der Waals surface area contributed by atoms with Crippen LogP contribution in [0, 0.1) is 0 Å². The second-order valence-corrected chi connectivity index (χ2v) is 3.88. The Morgan fingerprint density at radius 2 is 2.22 bits per heavy atom. The van der Waals surface area contributed by atoms with Crippen LogP contribution in [-0.4, -0.2) is 21.6 Å². The first-order valence-corrected chi connectivity index (χ1v) is 5.46. The van der Waals surface area contributed by atoms with E-state index in [4.69, 9.17) is 14.9 Å². The molecule has 0 aromatic carbocycles. The molecule has 6 nitrogen and oxygen atoms in total. The topological polar surface area (TPSA) is 79.1 Å². The maximum absolute atomic E-state index is 5.90. The molecule has 0 saturated carbocycles. The first-order chi connectivity index (χ1) is 8.78. The highest BCUT2D eigenvalue weighted by atomic mass is 16.5. The van der Waals surface area contributed by atoms with Gasteiger partial charge in [0, 0.05) is 11.6 Å². The lowest BCUT2D eigenvalue weighted by Gasteiger charge is -2.04. The van der Waals surface area contributed by atoms with E-state index in [1.54, 1.807) is 25.7 Å². The summed E-state index contributed by atoms with van der Waals surface area (Å²) in [5.41, 5.74) is 8.36. The van der Waals surface area contributed by atoms with Gasteiger partial charge in [0.1, 0.15) is 5.52 Å². The van der Waals surface area contributed by atoms with Crippen molar-refractivity contribution in [1.29, 1.82) is 0 Å². The van der Waals surface area contributed by atoms with Gasteiger partial charge >= 0.3 is 0 Å². The molecule has 92 valence electrons. The molecule has 2 N–H and O–H groups in total. The van der Waals surface area contributed by atoms with Crippen LogP contribution in [0.2, 0.25) is 0 Å². The van der Waals surface area contributed by atoms with Crippen molar-refractivity contribution in [3.63, 3.8) is 0 Å². The molecule has 18 heavy (non-hydrogen) atoms. The van der Waals surface area contributed by atoms with Gasteiger partial charge in [0.15, 0.2) is 5.65 Å². The van der Waals surface area contributed by atoms with Crippen molar-refractivity contribution in [2.75, 3.05) is 12.8 Å². The number of anilines is 1. The molecule has 0 spiro atoms. The van der Waals surface area contributed by atoms with Crippen LogP contribution < -0.4 is 10.5 Å². The molecule has 0 bridgehead atoms. The maximum Gasteiger partial charge on any atom is 0.215 e. The number of aromatic nitrogens is 3. The van der Waals surface area contributed by atoms with Gasteiger partial charge in [-0.1, -0.05) is 0 Å². The molecule has 0 atom stereocenters. The minimum atomic E-state index is 0.423. The smallest absolute Gasteiger partial charge is 0.215 e. The number of nitrogens with zero attached hydrogens (tertiary/aromatic N) is 3. The van der Waals surface area contributed by atoms with E-state index in [0.717, 1.165) is 11.1 Å². The Hall–Kier alpha value is -2.50. The number of hydrogen-bond acceptors (Lipinski definition) is 5. The average molecular weight is 244 g/mol. The molecule has 0 aliphatic carbocycles. The largest absolute Gasteiger partial charge is 0.481 e. The number of pyridine rings is 1. The molecular weight excluding hydrogens is 232 g/mol. The van der Waals surface area contributed by atoms with Crippen molar-refractivity contribution in [2.45, 2.75) is 6.54 Å². The van der Waals surface area contributed by atoms with Crippen molar-refractivity contribution in [3.05, 3.63) is 36.3 Å². The van der Waals surface area contributed by atoms with Crippen molar-refractivity contribution in [2.24, 2.45) is 0 Å². The number of ether oxygens (including phenoxy) is 1. The van der Waals surface area contributed by atoms with Crippen LogP contribution in [0.25, 0.3) is 11.2 Å². The zero-order valence-corrected chi connectivity index (χ0v) is 9.83. The third-order valence-corrected chi connectivity index (χ3v) is 2.73. The predicted octanol–water partition coefficient (Wildman–Crippen LogP) is 1.66. The number of nitrogen functional groups attached to an aromatic ring is 1. The Morgan fingerprint density at radius 3 is 2.94 bits per heavy atom. The van der Waals surface area contributed by atoms with Gasteiger partial charge in [0.2, 0.25) is 11.8 Å². The fourth-order valence-electron chi connectivity index (χ4n) is 1.84. The Bertz CT molecular complexity index is 673. The van der Waals surface area contributed by atoms with Gasteiger partial charge in [-0.25, -0.2) is 4.98 Å². The van der Waals surface area contributed by atoms with Gasteiger partial charge < -0.3 is 14.9 Å². The third-order valence-electron chi connectivity index (χ3n) is 2.73. The quantitative estimate of drug-likeness (QED) is 0.758. The fraction of sp³-hybridized carbons (Fsp3) is 0.167. The lowest BCUT2D eigenvalue weighted by atomic mass is 10.3. The minimum absolute atomic E-state index is 0.423. The molecule has 0 aliphatic rings. The van der Waals surface area contributed by atoms with Crippen LogP contribution >= 0.6 is 0 Å².